The molecular weight excluding hydrogens is 387 g/mol. The Morgan fingerprint density at radius 1 is 1.08 bits per heavy atom. The van der Waals surface area contributed by atoms with Crippen molar-refractivity contribution in [2.45, 2.75) is 0 Å². The molecule has 2 N–H and O–H groups in total. The minimum Gasteiger partial charge on any atom is -0.482 e. The minimum absolute atomic E-state index is 0.324. The summed E-state index contributed by atoms with van der Waals surface area (Å²) in [7, 11) is -3.85. The number of ether oxygens (including phenoxy) is 1. The fourth-order valence-corrected chi connectivity index (χ4v) is 2.62. The predicted octanol–water partition coefficient (Wildman–Crippen LogP) is 2.99. The van der Waals surface area contributed by atoms with E-state index in [0.29, 0.717) is 21.4 Å². The van der Waals surface area contributed by atoms with E-state index in [1.807, 2.05) is 10.3 Å². The van der Waals surface area contributed by atoms with Gasteiger partial charge in [-0.05, 0) is 35.9 Å². The Hall–Kier alpha value is -2.06. The second-order valence-electron chi connectivity index (χ2n) is 4.77. The summed E-state index contributed by atoms with van der Waals surface area (Å²) in [6.45, 7) is -0.396. The molecule has 6 nitrogen and oxygen atoms in total. The molecule has 0 fully saturated rings. The highest BCUT2D eigenvalue weighted by atomic mass is 35.5. The lowest BCUT2D eigenvalue weighted by Crippen LogP contribution is -2.42. The van der Waals surface area contributed by atoms with Crippen LogP contribution >= 0.6 is 23.2 Å². The fraction of sp³-hybridized carbons (Fsp3) is 0.0625. The van der Waals surface area contributed by atoms with Crippen molar-refractivity contribution >= 4 is 45.2 Å². The zero-order valence-electron chi connectivity index (χ0n) is 12.8. The number of carbonyl (C=O) groups is 1. The summed E-state index contributed by atoms with van der Waals surface area (Å²) in [6.07, 6.45) is 1.37. The highest BCUT2D eigenvalue weighted by Gasteiger charge is 2.09. The number of nitrogens with one attached hydrogen (secondary N) is 2. The van der Waals surface area contributed by atoms with E-state index in [1.54, 1.807) is 48.5 Å². The maximum absolute atomic E-state index is 11.8. The van der Waals surface area contributed by atoms with Crippen molar-refractivity contribution in [2.75, 3.05) is 6.61 Å². The number of hydrogen-bond acceptors (Lipinski definition) is 4. The summed E-state index contributed by atoms with van der Waals surface area (Å²) < 4.78 is 28.8. The van der Waals surface area contributed by atoms with Crippen LogP contribution in [0.4, 0.5) is 0 Å². The first-order valence-corrected chi connectivity index (χ1v) is 9.27. The Bertz CT molecular complexity index is 868. The van der Waals surface area contributed by atoms with Crippen molar-refractivity contribution in [2.24, 2.45) is 0 Å². The van der Waals surface area contributed by atoms with E-state index in [2.05, 4.69) is 0 Å². The highest BCUT2D eigenvalue weighted by Crippen LogP contribution is 2.22. The lowest BCUT2D eigenvalue weighted by Gasteiger charge is -2.08. The lowest BCUT2D eigenvalue weighted by molar-refractivity contribution is -0.123. The molecule has 0 unspecified atom stereocenters. The summed E-state index contributed by atoms with van der Waals surface area (Å²) in [6, 6.07) is 13.2. The largest absolute Gasteiger partial charge is 0.482 e. The maximum atomic E-state index is 11.8. The van der Waals surface area contributed by atoms with Crippen LogP contribution in [-0.2, 0) is 14.8 Å². The third-order valence-corrected chi connectivity index (χ3v) is 4.28. The monoisotopic (exact) mass is 400 g/mol. The fourth-order valence-electron chi connectivity index (χ4n) is 1.65. The number of amides is 1. The highest BCUT2D eigenvalue weighted by molar-refractivity contribution is 7.92. The minimum atomic E-state index is -3.85. The van der Waals surface area contributed by atoms with E-state index in [4.69, 9.17) is 27.9 Å². The Morgan fingerprint density at radius 3 is 2.44 bits per heavy atom. The van der Waals surface area contributed by atoms with Crippen LogP contribution in [0.2, 0.25) is 10.0 Å². The summed E-state index contributed by atoms with van der Waals surface area (Å²) >= 11 is 11.6. The first-order valence-electron chi connectivity index (χ1n) is 6.97. The van der Waals surface area contributed by atoms with Gasteiger partial charge in [0.25, 0.3) is 15.9 Å². The zero-order valence-corrected chi connectivity index (χ0v) is 15.1. The molecule has 1 amide bonds. The van der Waals surface area contributed by atoms with Gasteiger partial charge in [-0.2, -0.15) is 0 Å². The van der Waals surface area contributed by atoms with Gasteiger partial charge in [0.15, 0.2) is 6.61 Å². The number of benzene rings is 2. The van der Waals surface area contributed by atoms with E-state index in [-0.39, 0.29) is 0 Å². The molecule has 2 aromatic carbocycles. The van der Waals surface area contributed by atoms with Crippen molar-refractivity contribution in [1.29, 1.82) is 0 Å². The number of halogens is 2. The Morgan fingerprint density at radius 2 is 1.76 bits per heavy atom. The van der Waals surface area contributed by atoms with Crippen LogP contribution in [-0.4, -0.2) is 20.9 Å². The molecule has 2 rings (SSSR count). The molecule has 0 saturated heterocycles. The van der Waals surface area contributed by atoms with Gasteiger partial charge in [-0.25, -0.2) is 8.42 Å². The van der Waals surface area contributed by atoms with Gasteiger partial charge in [-0.15, -0.1) is 4.83 Å². The Labute approximate surface area is 155 Å². The van der Waals surface area contributed by atoms with Gasteiger partial charge in [-0.3, -0.25) is 10.2 Å². The smallest absolute Gasteiger partial charge is 0.272 e. The van der Waals surface area contributed by atoms with E-state index in [9.17, 15) is 13.2 Å². The summed E-state index contributed by atoms with van der Waals surface area (Å²) in [5, 5.41) is 1.82. The van der Waals surface area contributed by atoms with Crippen LogP contribution in [0, 0.1) is 0 Å². The number of para-hydroxylation sites is 1. The zero-order chi connectivity index (χ0) is 18.3. The van der Waals surface area contributed by atoms with Crippen molar-refractivity contribution in [3.05, 3.63) is 69.5 Å². The van der Waals surface area contributed by atoms with Crippen molar-refractivity contribution in [3.8, 4) is 5.75 Å². The molecule has 0 radical (unpaired) electrons. The first-order chi connectivity index (χ1) is 11.9. The summed E-state index contributed by atoms with van der Waals surface area (Å²) in [4.78, 5) is 13.6. The number of hydrazine groups is 1. The van der Waals surface area contributed by atoms with Crippen molar-refractivity contribution in [3.63, 3.8) is 0 Å². The molecule has 0 bridgehead atoms. The summed E-state index contributed by atoms with van der Waals surface area (Å²) in [5.41, 5.74) is 2.68. The second kappa shape index (κ2) is 8.87. The van der Waals surface area contributed by atoms with Crippen LogP contribution in [0.1, 0.15) is 5.56 Å². The molecule has 0 saturated carbocycles. The normalized spacial score (nSPS) is 11.4. The average Bonchev–Trinajstić information content (AvgIpc) is 2.59. The molecule has 0 aromatic heterocycles. The van der Waals surface area contributed by atoms with Gasteiger partial charge < -0.3 is 4.74 Å². The van der Waals surface area contributed by atoms with Gasteiger partial charge in [-0.1, -0.05) is 47.5 Å². The molecule has 132 valence electrons. The number of carbonyl (C=O) groups excluding carboxylic acids is 1. The third kappa shape index (κ3) is 6.75. The summed E-state index contributed by atoms with van der Waals surface area (Å²) in [5.74, 6) is -0.354. The molecule has 9 heteroatoms. The van der Waals surface area contributed by atoms with Crippen molar-refractivity contribution in [1.82, 2.24) is 10.3 Å². The van der Waals surface area contributed by atoms with E-state index >= 15 is 0 Å². The van der Waals surface area contributed by atoms with E-state index < -0.39 is 22.5 Å². The number of hydrogen-bond donors (Lipinski definition) is 2. The predicted molar refractivity (Wildman–Crippen MR) is 97.6 cm³/mol. The Kier molecular flexibility index (Phi) is 6.83. The maximum Gasteiger partial charge on any atom is 0.272 e. The van der Waals surface area contributed by atoms with Crippen LogP contribution in [0.5, 0.6) is 5.75 Å². The van der Waals surface area contributed by atoms with Gasteiger partial charge in [0, 0.05) is 10.4 Å². The average molecular weight is 401 g/mol. The van der Waals surface area contributed by atoms with E-state index in [0.717, 1.165) is 5.41 Å². The molecule has 0 aliphatic rings. The van der Waals surface area contributed by atoms with Gasteiger partial charge in [0.1, 0.15) is 5.75 Å². The molecule has 25 heavy (non-hydrogen) atoms. The van der Waals surface area contributed by atoms with E-state index in [1.165, 1.54) is 6.08 Å². The Balaban J connectivity index is 1.83. The lowest BCUT2D eigenvalue weighted by atomic mass is 10.2. The molecule has 2 aromatic rings. The van der Waals surface area contributed by atoms with Crippen molar-refractivity contribution < 1.29 is 17.9 Å². The van der Waals surface area contributed by atoms with Gasteiger partial charge >= 0.3 is 0 Å². The second-order valence-corrected chi connectivity index (χ2v) is 7.18. The van der Waals surface area contributed by atoms with Gasteiger partial charge in [0.2, 0.25) is 0 Å². The van der Waals surface area contributed by atoms with Crippen LogP contribution in [0.3, 0.4) is 0 Å². The topological polar surface area (TPSA) is 84.5 Å². The van der Waals surface area contributed by atoms with Crippen LogP contribution in [0.25, 0.3) is 6.08 Å². The molecule has 0 heterocycles. The molecule has 0 aliphatic carbocycles. The molecule has 0 spiro atoms. The van der Waals surface area contributed by atoms with Crippen LogP contribution < -0.4 is 15.0 Å². The van der Waals surface area contributed by atoms with Crippen LogP contribution in [0.15, 0.2) is 53.9 Å². The molecule has 0 aliphatic heterocycles. The number of sulfonamides is 1. The first kappa shape index (κ1) is 19.3. The standard InChI is InChI=1S/C16H14Cl2N2O4S/c17-13-7-5-12(6-8-13)9-10-25(22,23)20-19-16(21)11-24-15-4-2-1-3-14(15)18/h1-10,20H,11H2,(H,19,21)/b10-9+. The van der Waals surface area contributed by atoms with Gasteiger partial charge in [0.05, 0.1) is 5.02 Å². The third-order valence-electron chi connectivity index (χ3n) is 2.84. The molecular formula is C16H14Cl2N2O4S. The SMILES string of the molecule is O=C(COc1ccccc1Cl)NNS(=O)(=O)/C=C/c1ccc(Cl)cc1. The number of rotatable bonds is 7. The molecule has 0 atom stereocenters. The quantitative estimate of drug-likeness (QED) is 0.699.